The third-order valence-corrected chi connectivity index (χ3v) is 4.38. The molecule has 108 valence electrons. The molecule has 1 heterocycles. The molecule has 0 saturated carbocycles. The number of rotatable bonds is 6. The zero-order chi connectivity index (χ0) is 14.5. The van der Waals surface area contributed by atoms with Crippen molar-refractivity contribution in [2.24, 2.45) is 5.73 Å². The summed E-state index contributed by atoms with van der Waals surface area (Å²) in [6.45, 7) is 2.53. The average Bonchev–Trinajstić information content (AvgIpc) is 2.82. The van der Waals surface area contributed by atoms with Gasteiger partial charge in [0.05, 0.1) is 10.9 Å². The van der Waals surface area contributed by atoms with Gasteiger partial charge in [-0.3, -0.25) is 0 Å². The van der Waals surface area contributed by atoms with E-state index in [-0.39, 0.29) is 6.04 Å². The zero-order valence-electron chi connectivity index (χ0n) is 11.6. The Morgan fingerprint density at radius 2 is 2.05 bits per heavy atom. The van der Waals surface area contributed by atoms with Gasteiger partial charge in [0.1, 0.15) is 6.61 Å². The average molecular weight is 356 g/mol. The molecule has 0 aliphatic carbocycles. The van der Waals surface area contributed by atoms with Crippen molar-refractivity contribution in [3.8, 4) is 11.5 Å². The van der Waals surface area contributed by atoms with E-state index in [0.29, 0.717) is 6.61 Å². The Labute approximate surface area is 131 Å². The molecule has 0 amide bonds. The molecule has 0 radical (unpaired) electrons. The topological polar surface area (TPSA) is 44.5 Å². The van der Waals surface area contributed by atoms with Crippen LogP contribution >= 0.6 is 27.3 Å². The van der Waals surface area contributed by atoms with E-state index in [1.54, 1.807) is 18.4 Å². The highest BCUT2D eigenvalue weighted by atomic mass is 79.9. The SMILES string of the molecule is COc1ccc(CC(C)N)cc1OCc1ccc(Br)s1. The summed E-state index contributed by atoms with van der Waals surface area (Å²) >= 11 is 5.12. The summed E-state index contributed by atoms with van der Waals surface area (Å²) in [5.41, 5.74) is 6.99. The molecule has 0 bridgehead atoms. The van der Waals surface area contributed by atoms with Crippen LogP contribution in [0.15, 0.2) is 34.1 Å². The summed E-state index contributed by atoms with van der Waals surface area (Å²) in [7, 11) is 1.65. The van der Waals surface area contributed by atoms with Crippen LogP contribution in [0, 0.1) is 0 Å². The molecular formula is C15H18BrNO2S. The van der Waals surface area contributed by atoms with E-state index in [9.17, 15) is 0 Å². The molecule has 20 heavy (non-hydrogen) atoms. The molecule has 2 rings (SSSR count). The number of hydrogen-bond acceptors (Lipinski definition) is 4. The smallest absolute Gasteiger partial charge is 0.161 e. The van der Waals surface area contributed by atoms with Gasteiger partial charge in [0.2, 0.25) is 0 Å². The predicted molar refractivity (Wildman–Crippen MR) is 86.7 cm³/mol. The third kappa shape index (κ3) is 4.23. The highest BCUT2D eigenvalue weighted by Gasteiger charge is 2.08. The summed E-state index contributed by atoms with van der Waals surface area (Å²) in [6.07, 6.45) is 0.824. The number of nitrogens with two attached hydrogens (primary N) is 1. The molecule has 0 spiro atoms. The van der Waals surface area contributed by atoms with Gasteiger partial charge in [-0.15, -0.1) is 11.3 Å². The van der Waals surface area contributed by atoms with E-state index < -0.39 is 0 Å². The lowest BCUT2D eigenvalue weighted by atomic mass is 10.1. The number of benzene rings is 1. The molecule has 0 aliphatic rings. The van der Waals surface area contributed by atoms with Crippen LogP contribution in [0.1, 0.15) is 17.4 Å². The van der Waals surface area contributed by atoms with Gasteiger partial charge in [0.25, 0.3) is 0 Å². The predicted octanol–water partition coefficient (Wildman–Crippen LogP) is 3.99. The van der Waals surface area contributed by atoms with Gasteiger partial charge in [-0.05, 0) is 59.1 Å². The highest BCUT2D eigenvalue weighted by molar-refractivity contribution is 9.11. The van der Waals surface area contributed by atoms with Crippen molar-refractivity contribution in [2.45, 2.75) is 26.0 Å². The molecule has 1 unspecified atom stereocenters. The maximum atomic E-state index is 5.87. The minimum atomic E-state index is 0.129. The van der Waals surface area contributed by atoms with Crippen LogP contribution in [-0.2, 0) is 13.0 Å². The lowest BCUT2D eigenvalue weighted by molar-refractivity contribution is 0.287. The van der Waals surface area contributed by atoms with Crippen LogP contribution in [0.4, 0.5) is 0 Å². The molecule has 0 saturated heterocycles. The van der Waals surface area contributed by atoms with Crippen molar-refractivity contribution >= 4 is 27.3 Å². The second-order valence-electron chi connectivity index (χ2n) is 4.66. The molecule has 0 aliphatic heterocycles. The fourth-order valence-corrected chi connectivity index (χ4v) is 3.31. The summed E-state index contributed by atoms with van der Waals surface area (Å²) in [4.78, 5) is 1.16. The van der Waals surface area contributed by atoms with Crippen molar-refractivity contribution in [3.05, 3.63) is 44.6 Å². The van der Waals surface area contributed by atoms with Gasteiger partial charge in [-0.1, -0.05) is 6.07 Å². The highest BCUT2D eigenvalue weighted by Crippen LogP contribution is 2.30. The van der Waals surface area contributed by atoms with Gasteiger partial charge < -0.3 is 15.2 Å². The summed E-state index contributed by atoms with van der Waals surface area (Å²) < 4.78 is 12.3. The molecular weight excluding hydrogens is 338 g/mol. The van der Waals surface area contributed by atoms with E-state index in [1.165, 1.54) is 0 Å². The maximum absolute atomic E-state index is 5.87. The first-order chi connectivity index (χ1) is 9.58. The second kappa shape index (κ2) is 7.11. The van der Waals surface area contributed by atoms with E-state index in [0.717, 1.165) is 32.1 Å². The van der Waals surface area contributed by atoms with Crippen molar-refractivity contribution < 1.29 is 9.47 Å². The Kier molecular flexibility index (Phi) is 5.46. The Morgan fingerprint density at radius 1 is 1.25 bits per heavy atom. The Balaban J connectivity index is 2.11. The lowest BCUT2D eigenvalue weighted by Gasteiger charge is -2.13. The van der Waals surface area contributed by atoms with Crippen LogP contribution in [0.3, 0.4) is 0 Å². The maximum Gasteiger partial charge on any atom is 0.161 e. The van der Waals surface area contributed by atoms with Crippen LogP contribution in [0.5, 0.6) is 11.5 Å². The van der Waals surface area contributed by atoms with Crippen molar-refractivity contribution in [3.63, 3.8) is 0 Å². The monoisotopic (exact) mass is 355 g/mol. The van der Waals surface area contributed by atoms with Gasteiger partial charge in [0, 0.05) is 10.9 Å². The van der Waals surface area contributed by atoms with Crippen molar-refractivity contribution in [1.29, 1.82) is 0 Å². The van der Waals surface area contributed by atoms with Crippen LogP contribution < -0.4 is 15.2 Å². The largest absolute Gasteiger partial charge is 0.493 e. The van der Waals surface area contributed by atoms with E-state index in [4.69, 9.17) is 15.2 Å². The van der Waals surface area contributed by atoms with Crippen LogP contribution in [0.2, 0.25) is 0 Å². The lowest BCUT2D eigenvalue weighted by Crippen LogP contribution is -2.17. The zero-order valence-corrected chi connectivity index (χ0v) is 14.0. The number of hydrogen-bond donors (Lipinski definition) is 1. The summed E-state index contributed by atoms with van der Waals surface area (Å²) in [6, 6.07) is 10.2. The van der Waals surface area contributed by atoms with E-state index >= 15 is 0 Å². The van der Waals surface area contributed by atoms with E-state index in [2.05, 4.69) is 15.9 Å². The van der Waals surface area contributed by atoms with Crippen LogP contribution in [-0.4, -0.2) is 13.2 Å². The number of ether oxygens (including phenoxy) is 2. The molecule has 2 N–H and O–H groups in total. The Morgan fingerprint density at radius 3 is 2.65 bits per heavy atom. The van der Waals surface area contributed by atoms with Gasteiger partial charge in [0.15, 0.2) is 11.5 Å². The fourth-order valence-electron chi connectivity index (χ4n) is 1.91. The van der Waals surface area contributed by atoms with Crippen LogP contribution in [0.25, 0.3) is 0 Å². The molecule has 5 heteroatoms. The van der Waals surface area contributed by atoms with E-state index in [1.807, 2.05) is 37.3 Å². The number of thiophene rings is 1. The minimum absolute atomic E-state index is 0.129. The third-order valence-electron chi connectivity index (χ3n) is 2.78. The molecule has 2 aromatic rings. The second-order valence-corrected chi connectivity index (χ2v) is 7.21. The van der Waals surface area contributed by atoms with Crippen molar-refractivity contribution in [1.82, 2.24) is 0 Å². The Hall–Kier alpha value is -1.04. The fraction of sp³-hybridized carbons (Fsp3) is 0.333. The molecule has 1 atom stereocenters. The van der Waals surface area contributed by atoms with Gasteiger partial charge in [-0.25, -0.2) is 0 Å². The normalized spacial score (nSPS) is 12.2. The standard InChI is InChI=1S/C15H18BrNO2S/c1-10(17)7-11-3-5-13(18-2)14(8-11)19-9-12-4-6-15(16)20-12/h3-6,8,10H,7,9,17H2,1-2H3. The first-order valence-electron chi connectivity index (χ1n) is 6.38. The minimum Gasteiger partial charge on any atom is -0.493 e. The van der Waals surface area contributed by atoms with Gasteiger partial charge >= 0.3 is 0 Å². The molecule has 1 aromatic carbocycles. The first kappa shape index (κ1) is 15.4. The summed E-state index contributed by atoms with van der Waals surface area (Å²) in [5.74, 6) is 1.50. The van der Waals surface area contributed by atoms with Gasteiger partial charge in [-0.2, -0.15) is 0 Å². The van der Waals surface area contributed by atoms with Crippen molar-refractivity contribution in [2.75, 3.05) is 7.11 Å². The Bertz CT molecular complexity index is 569. The number of methoxy groups -OCH3 is 1. The summed E-state index contributed by atoms with van der Waals surface area (Å²) in [5, 5.41) is 0. The molecule has 3 nitrogen and oxygen atoms in total. The quantitative estimate of drug-likeness (QED) is 0.851. The number of halogens is 1. The molecule has 0 fully saturated rings. The molecule has 1 aromatic heterocycles. The first-order valence-corrected chi connectivity index (χ1v) is 7.99.